The lowest BCUT2D eigenvalue weighted by Crippen LogP contribution is -2.26. The first-order chi connectivity index (χ1) is 12.5. The third-order valence-electron chi connectivity index (χ3n) is 4.31. The number of hydrogen-bond donors (Lipinski definition) is 1. The molecule has 134 valence electrons. The molecule has 1 amide bonds. The van der Waals surface area contributed by atoms with E-state index in [9.17, 15) is 9.18 Å². The molecule has 4 nitrogen and oxygen atoms in total. The summed E-state index contributed by atoms with van der Waals surface area (Å²) in [5.41, 5.74) is 3.77. The summed E-state index contributed by atoms with van der Waals surface area (Å²) in [4.78, 5) is 16.7. The third kappa shape index (κ3) is 4.36. The average molecular weight is 351 g/mol. The SMILES string of the molecule is Cc1cccc(C(=O)NCCc2ncc(C)n2Cc2ccc(F)cc2)c1. The predicted octanol–water partition coefficient (Wildman–Crippen LogP) is 3.66. The standard InChI is InChI=1S/C21H22FN3O/c1-15-4-3-5-18(12-15)21(26)23-11-10-20-24-13-16(2)25(20)14-17-6-8-19(22)9-7-17/h3-9,12-13H,10-11,14H2,1-2H3,(H,23,26). The van der Waals surface area contributed by atoms with Crippen LogP contribution in [-0.2, 0) is 13.0 Å². The molecule has 0 fully saturated rings. The summed E-state index contributed by atoms with van der Waals surface area (Å²) in [6.07, 6.45) is 2.45. The summed E-state index contributed by atoms with van der Waals surface area (Å²) in [7, 11) is 0. The molecular formula is C21H22FN3O. The van der Waals surface area contributed by atoms with E-state index in [0.29, 0.717) is 25.1 Å². The van der Waals surface area contributed by atoms with Crippen LogP contribution >= 0.6 is 0 Å². The van der Waals surface area contributed by atoms with Crippen molar-refractivity contribution in [3.8, 4) is 0 Å². The molecule has 26 heavy (non-hydrogen) atoms. The van der Waals surface area contributed by atoms with Crippen LogP contribution in [0.2, 0.25) is 0 Å². The van der Waals surface area contributed by atoms with Gasteiger partial charge >= 0.3 is 0 Å². The van der Waals surface area contributed by atoms with Gasteiger partial charge in [0.2, 0.25) is 0 Å². The van der Waals surface area contributed by atoms with Crippen LogP contribution in [0.3, 0.4) is 0 Å². The molecule has 3 rings (SSSR count). The van der Waals surface area contributed by atoms with Gasteiger partial charge in [-0.05, 0) is 43.7 Å². The Morgan fingerprint density at radius 3 is 2.65 bits per heavy atom. The summed E-state index contributed by atoms with van der Waals surface area (Å²) in [6.45, 7) is 5.09. The van der Waals surface area contributed by atoms with Crippen LogP contribution in [-0.4, -0.2) is 22.0 Å². The van der Waals surface area contributed by atoms with Crippen molar-refractivity contribution in [2.24, 2.45) is 0 Å². The maximum Gasteiger partial charge on any atom is 0.251 e. The van der Waals surface area contributed by atoms with Crippen LogP contribution in [0.5, 0.6) is 0 Å². The second kappa shape index (κ2) is 7.95. The monoisotopic (exact) mass is 351 g/mol. The highest BCUT2D eigenvalue weighted by Gasteiger charge is 2.10. The maximum absolute atomic E-state index is 13.1. The lowest BCUT2D eigenvalue weighted by atomic mass is 10.1. The molecule has 1 heterocycles. The topological polar surface area (TPSA) is 46.9 Å². The van der Waals surface area contributed by atoms with Crippen molar-refractivity contribution in [1.29, 1.82) is 0 Å². The molecule has 0 saturated heterocycles. The van der Waals surface area contributed by atoms with Crippen molar-refractivity contribution in [3.05, 3.63) is 88.8 Å². The van der Waals surface area contributed by atoms with Gasteiger partial charge in [-0.25, -0.2) is 9.37 Å². The van der Waals surface area contributed by atoms with Crippen molar-refractivity contribution in [2.75, 3.05) is 6.54 Å². The lowest BCUT2D eigenvalue weighted by Gasteiger charge is -2.11. The summed E-state index contributed by atoms with van der Waals surface area (Å²) >= 11 is 0. The number of halogens is 1. The number of hydrogen-bond acceptors (Lipinski definition) is 2. The molecule has 0 bridgehead atoms. The van der Waals surface area contributed by atoms with Crippen molar-refractivity contribution in [1.82, 2.24) is 14.9 Å². The fourth-order valence-corrected chi connectivity index (χ4v) is 2.87. The number of aromatic nitrogens is 2. The van der Waals surface area contributed by atoms with E-state index >= 15 is 0 Å². The zero-order chi connectivity index (χ0) is 18.5. The third-order valence-corrected chi connectivity index (χ3v) is 4.31. The minimum absolute atomic E-state index is 0.0814. The van der Waals surface area contributed by atoms with Crippen LogP contribution in [0.1, 0.15) is 33.0 Å². The zero-order valence-corrected chi connectivity index (χ0v) is 15.0. The number of amides is 1. The summed E-state index contributed by atoms with van der Waals surface area (Å²) in [5, 5.41) is 2.94. The van der Waals surface area contributed by atoms with E-state index in [0.717, 1.165) is 22.6 Å². The number of nitrogens with zero attached hydrogens (tertiary/aromatic N) is 2. The molecule has 1 aromatic heterocycles. The summed E-state index contributed by atoms with van der Waals surface area (Å²) in [5.74, 6) is 0.577. The Labute approximate surface area is 152 Å². The zero-order valence-electron chi connectivity index (χ0n) is 15.0. The smallest absolute Gasteiger partial charge is 0.251 e. The number of carbonyl (C=O) groups excluding carboxylic acids is 1. The van der Waals surface area contributed by atoms with Crippen LogP contribution < -0.4 is 5.32 Å². The molecule has 0 spiro atoms. The number of rotatable bonds is 6. The van der Waals surface area contributed by atoms with Gasteiger partial charge in [0.05, 0.1) is 0 Å². The normalized spacial score (nSPS) is 10.7. The second-order valence-corrected chi connectivity index (χ2v) is 6.40. The van der Waals surface area contributed by atoms with Gasteiger partial charge in [-0.2, -0.15) is 0 Å². The van der Waals surface area contributed by atoms with E-state index in [2.05, 4.69) is 14.9 Å². The molecule has 0 aliphatic rings. The van der Waals surface area contributed by atoms with Gasteiger partial charge in [-0.1, -0.05) is 29.8 Å². The van der Waals surface area contributed by atoms with Crippen molar-refractivity contribution >= 4 is 5.91 Å². The molecule has 0 aliphatic carbocycles. The van der Waals surface area contributed by atoms with Gasteiger partial charge in [0, 0.05) is 37.0 Å². The van der Waals surface area contributed by atoms with Gasteiger partial charge in [0.25, 0.3) is 5.91 Å². The molecule has 0 radical (unpaired) electrons. The Kier molecular flexibility index (Phi) is 5.46. The Bertz CT molecular complexity index is 900. The Morgan fingerprint density at radius 1 is 1.15 bits per heavy atom. The quantitative estimate of drug-likeness (QED) is 0.737. The van der Waals surface area contributed by atoms with Crippen LogP contribution in [0.25, 0.3) is 0 Å². The summed E-state index contributed by atoms with van der Waals surface area (Å²) < 4.78 is 15.2. The average Bonchev–Trinajstić information content (AvgIpc) is 2.97. The van der Waals surface area contributed by atoms with E-state index < -0.39 is 0 Å². The molecule has 0 atom stereocenters. The molecule has 3 aromatic rings. The first-order valence-electron chi connectivity index (χ1n) is 8.63. The molecule has 0 saturated carbocycles. The van der Waals surface area contributed by atoms with Gasteiger partial charge in [-0.3, -0.25) is 4.79 Å². The predicted molar refractivity (Wildman–Crippen MR) is 99.7 cm³/mol. The van der Waals surface area contributed by atoms with Gasteiger partial charge in [0.1, 0.15) is 11.6 Å². The van der Waals surface area contributed by atoms with Crippen LogP contribution in [0.15, 0.2) is 54.7 Å². The molecule has 5 heteroatoms. The van der Waals surface area contributed by atoms with Crippen molar-refractivity contribution < 1.29 is 9.18 Å². The Hall–Kier alpha value is -2.95. The largest absolute Gasteiger partial charge is 0.352 e. The highest BCUT2D eigenvalue weighted by Crippen LogP contribution is 2.11. The molecule has 0 unspecified atom stereocenters. The van der Waals surface area contributed by atoms with Crippen molar-refractivity contribution in [2.45, 2.75) is 26.8 Å². The fraction of sp³-hybridized carbons (Fsp3) is 0.238. The minimum Gasteiger partial charge on any atom is -0.352 e. The van der Waals surface area contributed by atoms with Gasteiger partial charge in [0.15, 0.2) is 0 Å². The van der Waals surface area contributed by atoms with Crippen LogP contribution in [0, 0.1) is 19.7 Å². The lowest BCUT2D eigenvalue weighted by molar-refractivity contribution is 0.0954. The summed E-state index contributed by atoms with van der Waals surface area (Å²) in [6, 6.07) is 14.0. The highest BCUT2D eigenvalue weighted by molar-refractivity contribution is 5.94. The first kappa shape index (κ1) is 17.9. The van der Waals surface area contributed by atoms with E-state index in [1.807, 2.05) is 44.3 Å². The molecule has 1 N–H and O–H groups in total. The number of carbonyl (C=O) groups is 1. The van der Waals surface area contributed by atoms with Gasteiger partial charge < -0.3 is 9.88 Å². The van der Waals surface area contributed by atoms with Gasteiger partial charge in [-0.15, -0.1) is 0 Å². The van der Waals surface area contributed by atoms with E-state index in [1.54, 1.807) is 12.1 Å². The van der Waals surface area contributed by atoms with E-state index in [4.69, 9.17) is 0 Å². The fourth-order valence-electron chi connectivity index (χ4n) is 2.87. The van der Waals surface area contributed by atoms with E-state index in [1.165, 1.54) is 12.1 Å². The number of imidazole rings is 1. The molecular weight excluding hydrogens is 329 g/mol. The van der Waals surface area contributed by atoms with Crippen molar-refractivity contribution in [3.63, 3.8) is 0 Å². The number of nitrogens with one attached hydrogen (secondary N) is 1. The molecule has 0 aliphatic heterocycles. The minimum atomic E-state index is -0.241. The Balaban J connectivity index is 1.62. The maximum atomic E-state index is 13.1. The molecule has 2 aromatic carbocycles. The highest BCUT2D eigenvalue weighted by atomic mass is 19.1. The number of benzene rings is 2. The Morgan fingerprint density at radius 2 is 1.92 bits per heavy atom. The number of aryl methyl sites for hydroxylation is 2. The van der Waals surface area contributed by atoms with Crippen LogP contribution in [0.4, 0.5) is 4.39 Å². The first-order valence-corrected chi connectivity index (χ1v) is 8.63. The van der Waals surface area contributed by atoms with E-state index in [-0.39, 0.29) is 11.7 Å². The second-order valence-electron chi connectivity index (χ2n) is 6.40.